The molecular formula is C22H23N3O5. The Balaban J connectivity index is 1.47. The minimum absolute atomic E-state index is 0.192. The molecule has 1 N–H and O–H groups in total. The molecule has 8 heteroatoms. The van der Waals surface area contributed by atoms with Crippen molar-refractivity contribution in [3.05, 3.63) is 59.7 Å². The van der Waals surface area contributed by atoms with Gasteiger partial charge in [-0.3, -0.25) is 19.3 Å². The van der Waals surface area contributed by atoms with Crippen LogP contribution in [0.1, 0.15) is 28.8 Å². The van der Waals surface area contributed by atoms with Crippen LogP contribution in [0.3, 0.4) is 0 Å². The van der Waals surface area contributed by atoms with Crippen LogP contribution in [0.4, 0.5) is 11.4 Å². The van der Waals surface area contributed by atoms with E-state index >= 15 is 0 Å². The third kappa shape index (κ3) is 5.02. The summed E-state index contributed by atoms with van der Waals surface area (Å²) in [7, 11) is 3.90. The lowest BCUT2D eigenvalue weighted by molar-refractivity contribution is -0.124. The molecule has 3 amide bonds. The van der Waals surface area contributed by atoms with E-state index < -0.39 is 18.5 Å². The van der Waals surface area contributed by atoms with Crippen LogP contribution in [0.15, 0.2) is 48.5 Å². The monoisotopic (exact) mass is 409 g/mol. The molecule has 0 atom stereocenters. The van der Waals surface area contributed by atoms with Gasteiger partial charge < -0.3 is 15.0 Å². The molecule has 30 heavy (non-hydrogen) atoms. The van der Waals surface area contributed by atoms with E-state index in [0.29, 0.717) is 12.2 Å². The molecule has 1 saturated heterocycles. The Morgan fingerprint density at radius 1 is 0.967 bits per heavy atom. The first-order chi connectivity index (χ1) is 14.3. The van der Waals surface area contributed by atoms with Crippen LogP contribution in [0.25, 0.3) is 0 Å². The molecule has 1 aliphatic rings. The van der Waals surface area contributed by atoms with E-state index in [0.717, 1.165) is 16.2 Å². The van der Waals surface area contributed by atoms with Crippen LogP contribution < -0.4 is 15.1 Å². The second-order valence-electron chi connectivity index (χ2n) is 7.08. The third-order valence-corrected chi connectivity index (χ3v) is 4.69. The predicted octanol–water partition coefficient (Wildman–Crippen LogP) is 1.88. The van der Waals surface area contributed by atoms with E-state index in [1.165, 1.54) is 24.3 Å². The number of hydrogen-bond acceptors (Lipinski definition) is 6. The van der Waals surface area contributed by atoms with E-state index in [4.69, 9.17) is 4.74 Å². The number of carbonyl (C=O) groups is 4. The van der Waals surface area contributed by atoms with Gasteiger partial charge in [-0.25, -0.2) is 4.79 Å². The Morgan fingerprint density at radius 3 is 2.13 bits per heavy atom. The lowest BCUT2D eigenvalue weighted by Gasteiger charge is -2.14. The molecule has 156 valence electrons. The number of carbonyl (C=O) groups excluding carboxylic acids is 4. The number of benzene rings is 2. The summed E-state index contributed by atoms with van der Waals surface area (Å²) in [5.74, 6) is -1.59. The number of nitrogens with zero attached hydrogens (tertiary/aromatic N) is 2. The van der Waals surface area contributed by atoms with E-state index in [-0.39, 0.29) is 30.2 Å². The highest BCUT2D eigenvalue weighted by Gasteiger charge is 2.30. The van der Waals surface area contributed by atoms with Gasteiger partial charge >= 0.3 is 5.97 Å². The minimum Gasteiger partial charge on any atom is -0.452 e. The number of hydrogen-bond donors (Lipinski definition) is 1. The van der Waals surface area contributed by atoms with Crippen LogP contribution in [0.5, 0.6) is 0 Å². The molecular weight excluding hydrogens is 386 g/mol. The van der Waals surface area contributed by atoms with Crippen molar-refractivity contribution in [2.45, 2.75) is 19.4 Å². The zero-order chi connectivity index (χ0) is 21.7. The van der Waals surface area contributed by atoms with Crippen molar-refractivity contribution >= 4 is 35.1 Å². The fourth-order valence-electron chi connectivity index (χ4n) is 2.99. The Kier molecular flexibility index (Phi) is 6.46. The fraction of sp³-hybridized carbons (Fsp3) is 0.273. The van der Waals surface area contributed by atoms with Gasteiger partial charge in [0.2, 0.25) is 11.8 Å². The topological polar surface area (TPSA) is 96.0 Å². The van der Waals surface area contributed by atoms with Crippen molar-refractivity contribution in [2.24, 2.45) is 0 Å². The van der Waals surface area contributed by atoms with Crippen molar-refractivity contribution in [3.63, 3.8) is 0 Å². The highest BCUT2D eigenvalue weighted by Crippen LogP contribution is 2.23. The van der Waals surface area contributed by atoms with Gasteiger partial charge in [0, 0.05) is 39.2 Å². The number of imide groups is 1. The first kappa shape index (κ1) is 21.0. The summed E-state index contributed by atoms with van der Waals surface area (Å²) >= 11 is 0. The van der Waals surface area contributed by atoms with Gasteiger partial charge in [0.15, 0.2) is 6.61 Å². The number of anilines is 2. The van der Waals surface area contributed by atoms with Crippen molar-refractivity contribution in [1.29, 1.82) is 0 Å². The molecule has 0 aliphatic carbocycles. The maximum absolute atomic E-state index is 12.1. The summed E-state index contributed by atoms with van der Waals surface area (Å²) in [4.78, 5) is 50.7. The molecule has 0 radical (unpaired) electrons. The molecule has 2 aromatic carbocycles. The van der Waals surface area contributed by atoms with Gasteiger partial charge in [-0.05, 0) is 42.0 Å². The zero-order valence-corrected chi connectivity index (χ0v) is 16.9. The van der Waals surface area contributed by atoms with Gasteiger partial charge in [0.25, 0.3) is 5.91 Å². The summed E-state index contributed by atoms with van der Waals surface area (Å²) in [5, 5.41) is 2.70. The number of esters is 1. The molecule has 0 spiro atoms. The molecule has 8 nitrogen and oxygen atoms in total. The maximum atomic E-state index is 12.1. The van der Waals surface area contributed by atoms with Crippen LogP contribution in [-0.2, 0) is 25.7 Å². The molecule has 0 aromatic heterocycles. The van der Waals surface area contributed by atoms with Crippen molar-refractivity contribution in [1.82, 2.24) is 5.32 Å². The molecule has 1 fully saturated rings. The van der Waals surface area contributed by atoms with Crippen molar-refractivity contribution in [2.75, 3.05) is 30.5 Å². The quantitative estimate of drug-likeness (QED) is 0.554. The van der Waals surface area contributed by atoms with Crippen LogP contribution in [0, 0.1) is 0 Å². The predicted molar refractivity (Wildman–Crippen MR) is 111 cm³/mol. The van der Waals surface area contributed by atoms with Crippen LogP contribution in [0.2, 0.25) is 0 Å². The summed E-state index contributed by atoms with van der Waals surface area (Å²) in [6.07, 6.45) is 0.384. The molecule has 0 unspecified atom stereocenters. The van der Waals surface area contributed by atoms with E-state index in [9.17, 15) is 19.2 Å². The largest absolute Gasteiger partial charge is 0.452 e. The van der Waals surface area contributed by atoms with Gasteiger partial charge in [0.05, 0.1) is 11.3 Å². The number of amides is 3. The Labute approximate surface area is 174 Å². The summed E-state index contributed by atoms with van der Waals surface area (Å²) in [5.41, 5.74) is 2.63. The summed E-state index contributed by atoms with van der Waals surface area (Å²) in [6, 6.07) is 13.7. The maximum Gasteiger partial charge on any atom is 0.338 e. The van der Waals surface area contributed by atoms with Gasteiger partial charge in [-0.15, -0.1) is 0 Å². The number of ether oxygens (including phenoxy) is 1. The highest BCUT2D eigenvalue weighted by molar-refractivity contribution is 6.19. The Morgan fingerprint density at radius 2 is 1.57 bits per heavy atom. The zero-order valence-electron chi connectivity index (χ0n) is 16.9. The third-order valence-electron chi connectivity index (χ3n) is 4.69. The second-order valence-corrected chi connectivity index (χ2v) is 7.08. The summed E-state index contributed by atoms with van der Waals surface area (Å²) in [6.45, 7) is -0.0733. The highest BCUT2D eigenvalue weighted by atomic mass is 16.5. The van der Waals surface area contributed by atoms with Gasteiger partial charge in [-0.2, -0.15) is 0 Å². The van der Waals surface area contributed by atoms with Crippen LogP contribution >= 0.6 is 0 Å². The number of rotatable bonds is 7. The lowest BCUT2D eigenvalue weighted by atomic mass is 10.2. The van der Waals surface area contributed by atoms with E-state index in [2.05, 4.69) is 5.32 Å². The molecule has 1 heterocycles. The molecule has 3 rings (SSSR count). The fourth-order valence-corrected chi connectivity index (χ4v) is 2.99. The Hall–Kier alpha value is -3.68. The lowest BCUT2D eigenvalue weighted by Crippen LogP contribution is -2.29. The molecule has 2 aromatic rings. The average Bonchev–Trinajstić information content (AvgIpc) is 3.08. The van der Waals surface area contributed by atoms with E-state index in [1.807, 2.05) is 43.3 Å². The summed E-state index contributed by atoms with van der Waals surface area (Å²) < 4.78 is 5.03. The molecule has 0 saturated carbocycles. The Bertz CT molecular complexity index is 936. The van der Waals surface area contributed by atoms with Gasteiger partial charge in [-0.1, -0.05) is 12.1 Å². The first-order valence-electron chi connectivity index (χ1n) is 9.51. The second kappa shape index (κ2) is 9.21. The molecule has 0 bridgehead atoms. The minimum atomic E-state index is -0.661. The first-order valence-corrected chi connectivity index (χ1v) is 9.51. The molecule has 1 aliphatic heterocycles. The normalized spacial score (nSPS) is 13.3. The van der Waals surface area contributed by atoms with Crippen molar-refractivity contribution < 1.29 is 23.9 Å². The number of nitrogens with one attached hydrogen (secondary N) is 1. The SMILES string of the molecule is CN(C)c1ccc(CNC(=O)COC(=O)c2ccc(N3C(=O)CCC3=O)cc2)cc1. The average molecular weight is 409 g/mol. The standard InChI is InChI=1S/C22H23N3O5/c1-24(2)17-7-3-15(4-8-17)13-23-19(26)14-30-22(29)16-5-9-18(10-6-16)25-20(27)11-12-21(25)28/h3-10H,11-14H2,1-2H3,(H,23,26). The van der Waals surface area contributed by atoms with Crippen LogP contribution in [-0.4, -0.2) is 44.4 Å². The van der Waals surface area contributed by atoms with Gasteiger partial charge in [0.1, 0.15) is 0 Å². The van der Waals surface area contributed by atoms with E-state index in [1.54, 1.807) is 0 Å². The van der Waals surface area contributed by atoms with Crippen molar-refractivity contribution in [3.8, 4) is 0 Å². The smallest absolute Gasteiger partial charge is 0.338 e.